The van der Waals surface area contributed by atoms with Gasteiger partial charge in [-0.05, 0) is 31.5 Å². The molecular formula is C14H25N3O2S. The minimum atomic E-state index is -3.75. The van der Waals surface area contributed by atoms with Gasteiger partial charge in [0.15, 0.2) is 0 Å². The number of hydrogen-bond acceptors (Lipinski definition) is 4. The van der Waals surface area contributed by atoms with Gasteiger partial charge < -0.3 is 11.1 Å². The zero-order valence-electron chi connectivity index (χ0n) is 12.2. The summed E-state index contributed by atoms with van der Waals surface area (Å²) in [6.45, 7) is 4.30. The Kier molecular flexibility index (Phi) is 6.29. The Morgan fingerprint density at radius 3 is 2.50 bits per heavy atom. The van der Waals surface area contributed by atoms with Gasteiger partial charge in [0.25, 0.3) is 0 Å². The van der Waals surface area contributed by atoms with E-state index in [2.05, 4.69) is 19.2 Å². The second-order valence-corrected chi connectivity index (χ2v) is 6.72. The Hall–Kier alpha value is -1.27. The lowest BCUT2D eigenvalue weighted by Gasteiger charge is -2.16. The summed E-state index contributed by atoms with van der Waals surface area (Å²) in [7, 11) is -3.75. The Labute approximate surface area is 121 Å². The summed E-state index contributed by atoms with van der Waals surface area (Å²) in [4.78, 5) is -0.0290. The van der Waals surface area contributed by atoms with Crippen LogP contribution in [0.25, 0.3) is 0 Å². The predicted octanol–water partition coefficient (Wildman–Crippen LogP) is 2.69. The van der Waals surface area contributed by atoms with E-state index in [4.69, 9.17) is 10.9 Å². The van der Waals surface area contributed by atoms with E-state index >= 15 is 0 Å². The standard InChI is InChI=1S/C14H25N3O2S/c1-3-4-5-6-7-11(2)17-12-8-9-14(13(15)10-12)20(16,18)19/h8-11,17H,3-7,15H2,1-2H3,(H2,16,18,19). The molecule has 0 saturated carbocycles. The highest BCUT2D eigenvalue weighted by Crippen LogP contribution is 2.22. The highest BCUT2D eigenvalue weighted by Gasteiger charge is 2.12. The Morgan fingerprint density at radius 1 is 1.25 bits per heavy atom. The van der Waals surface area contributed by atoms with E-state index in [-0.39, 0.29) is 10.6 Å². The summed E-state index contributed by atoms with van der Waals surface area (Å²) in [5.74, 6) is 0. The van der Waals surface area contributed by atoms with Crippen LogP contribution in [0.1, 0.15) is 46.0 Å². The first-order valence-corrected chi connectivity index (χ1v) is 8.58. The number of unbranched alkanes of at least 4 members (excludes halogenated alkanes) is 3. The minimum absolute atomic E-state index is 0.0290. The maximum Gasteiger partial charge on any atom is 0.240 e. The van der Waals surface area contributed by atoms with Gasteiger partial charge in [-0.25, -0.2) is 13.6 Å². The molecule has 5 nitrogen and oxygen atoms in total. The van der Waals surface area contributed by atoms with Crippen molar-refractivity contribution in [2.45, 2.75) is 56.9 Å². The van der Waals surface area contributed by atoms with Gasteiger partial charge in [-0.15, -0.1) is 0 Å². The Balaban J connectivity index is 2.59. The fraction of sp³-hybridized carbons (Fsp3) is 0.571. The molecule has 0 aliphatic rings. The first-order valence-electron chi connectivity index (χ1n) is 7.03. The van der Waals surface area contributed by atoms with E-state index in [1.807, 2.05) is 0 Å². The quantitative estimate of drug-likeness (QED) is 0.507. The molecule has 1 atom stereocenters. The van der Waals surface area contributed by atoms with E-state index in [1.165, 1.54) is 31.7 Å². The fourth-order valence-corrected chi connectivity index (χ4v) is 2.78. The lowest BCUT2D eigenvalue weighted by molar-refractivity contribution is 0.594. The molecule has 0 saturated heterocycles. The molecular weight excluding hydrogens is 274 g/mol. The van der Waals surface area contributed by atoms with E-state index in [0.717, 1.165) is 12.1 Å². The van der Waals surface area contributed by atoms with E-state index in [0.29, 0.717) is 6.04 Å². The highest BCUT2D eigenvalue weighted by molar-refractivity contribution is 7.89. The van der Waals surface area contributed by atoms with E-state index in [9.17, 15) is 8.42 Å². The number of benzene rings is 1. The molecule has 0 aliphatic carbocycles. The van der Waals surface area contributed by atoms with Gasteiger partial charge in [-0.3, -0.25) is 0 Å². The third-order valence-corrected chi connectivity index (χ3v) is 4.20. The molecule has 0 radical (unpaired) electrons. The fourth-order valence-electron chi connectivity index (χ4n) is 2.13. The maximum absolute atomic E-state index is 11.3. The third kappa shape index (κ3) is 5.38. The highest BCUT2D eigenvalue weighted by atomic mass is 32.2. The molecule has 0 amide bonds. The van der Waals surface area contributed by atoms with Crippen LogP contribution in [0, 0.1) is 0 Å². The van der Waals surface area contributed by atoms with Crippen molar-refractivity contribution in [1.82, 2.24) is 0 Å². The Bertz CT molecular complexity index is 529. The molecule has 1 aromatic rings. The van der Waals surface area contributed by atoms with Crippen molar-refractivity contribution in [2.75, 3.05) is 11.1 Å². The lowest BCUT2D eigenvalue weighted by Crippen LogP contribution is -2.17. The van der Waals surface area contributed by atoms with Crippen LogP contribution in [0.15, 0.2) is 23.1 Å². The summed E-state index contributed by atoms with van der Waals surface area (Å²) in [5.41, 5.74) is 6.72. The molecule has 20 heavy (non-hydrogen) atoms. The molecule has 0 fully saturated rings. The van der Waals surface area contributed by atoms with Gasteiger partial charge >= 0.3 is 0 Å². The number of sulfonamides is 1. The van der Waals surface area contributed by atoms with Gasteiger partial charge in [-0.1, -0.05) is 32.6 Å². The van der Waals surface area contributed by atoms with Crippen LogP contribution in [-0.4, -0.2) is 14.5 Å². The zero-order valence-corrected chi connectivity index (χ0v) is 13.0. The van der Waals surface area contributed by atoms with Crippen LogP contribution < -0.4 is 16.2 Å². The molecule has 1 rings (SSSR count). The number of nitrogen functional groups attached to an aromatic ring is 1. The number of nitrogens with one attached hydrogen (secondary N) is 1. The number of hydrogen-bond donors (Lipinski definition) is 3. The topological polar surface area (TPSA) is 98.2 Å². The molecule has 1 unspecified atom stereocenters. The summed E-state index contributed by atoms with van der Waals surface area (Å²) in [6.07, 6.45) is 6.01. The van der Waals surface area contributed by atoms with Gasteiger partial charge in [-0.2, -0.15) is 0 Å². The zero-order chi connectivity index (χ0) is 15.2. The van der Waals surface area contributed by atoms with Gasteiger partial charge in [0.1, 0.15) is 4.90 Å². The second-order valence-electron chi connectivity index (χ2n) is 5.19. The van der Waals surface area contributed by atoms with Crippen molar-refractivity contribution in [3.05, 3.63) is 18.2 Å². The van der Waals surface area contributed by atoms with Crippen molar-refractivity contribution in [2.24, 2.45) is 5.14 Å². The normalized spacial score (nSPS) is 13.2. The summed E-state index contributed by atoms with van der Waals surface area (Å²) >= 11 is 0. The maximum atomic E-state index is 11.3. The van der Waals surface area contributed by atoms with Crippen molar-refractivity contribution >= 4 is 21.4 Å². The molecule has 114 valence electrons. The largest absolute Gasteiger partial charge is 0.398 e. The van der Waals surface area contributed by atoms with Crippen LogP contribution in [0.4, 0.5) is 11.4 Å². The third-order valence-electron chi connectivity index (χ3n) is 3.22. The van der Waals surface area contributed by atoms with Gasteiger partial charge in [0.05, 0.1) is 5.69 Å². The monoisotopic (exact) mass is 299 g/mol. The first kappa shape index (κ1) is 16.8. The van der Waals surface area contributed by atoms with E-state index in [1.54, 1.807) is 12.1 Å². The summed E-state index contributed by atoms with van der Waals surface area (Å²) in [6, 6.07) is 5.07. The Morgan fingerprint density at radius 2 is 1.95 bits per heavy atom. The average Bonchev–Trinajstić information content (AvgIpc) is 2.33. The van der Waals surface area contributed by atoms with Crippen LogP contribution in [0.5, 0.6) is 0 Å². The van der Waals surface area contributed by atoms with Crippen LogP contribution >= 0.6 is 0 Å². The summed E-state index contributed by atoms with van der Waals surface area (Å²) in [5, 5.41) is 8.40. The van der Waals surface area contributed by atoms with Crippen LogP contribution in [-0.2, 0) is 10.0 Å². The number of nitrogens with two attached hydrogens (primary N) is 2. The molecule has 0 heterocycles. The SMILES string of the molecule is CCCCCCC(C)Nc1ccc(S(N)(=O)=O)c(N)c1. The molecule has 0 aliphatic heterocycles. The lowest BCUT2D eigenvalue weighted by atomic mass is 10.1. The molecule has 0 bridgehead atoms. The minimum Gasteiger partial charge on any atom is -0.398 e. The average molecular weight is 299 g/mol. The molecule has 6 heteroatoms. The number of primary sulfonamides is 1. The predicted molar refractivity (Wildman–Crippen MR) is 84.1 cm³/mol. The summed E-state index contributed by atoms with van der Waals surface area (Å²) < 4.78 is 22.5. The first-order chi connectivity index (χ1) is 9.34. The molecule has 0 aromatic heterocycles. The van der Waals surface area contributed by atoms with Gasteiger partial charge in [0, 0.05) is 11.7 Å². The van der Waals surface area contributed by atoms with Crippen molar-refractivity contribution in [1.29, 1.82) is 0 Å². The smallest absolute Gasteiger partial charge is 0.240 e. The van der Waals surface area contributed by atoms with Crippen molar-refractivity contribution < 1.29 is 8.42 Å². The number of rotatable bonds is 8. The molecule has 1 aromatic carbocycles. The second kappa shape index (κ2) is 7.50. The molecule has 5 N–H and O–H groups in total. The van der Waals surface area contributed by atoms with Crippen molar-refractivity contribution in [3.63, 3.8) is 0 Å². The van der Waals surface area contributed by atoms with E-state index < -0.39 is 10.0 Å². The van der Waals surface area contributed by atoms with Gasteiger partial charge in [0.2, 0.25) is 10.0 Å². The molecule has 0 spiro atoms. The van der Waals surface area contributed by atoms with Crippen LogP contribution in [0.3, 0.4) is 0 Å². The van der Waals surface area contributed by atoms with Crippen LogP contribution in [0.2, 0.25) is 0 Å². The number of anilines is 2. The van der Waals surface area contributed by atoms with Crippen molar-refractivity contribution in [3.8, 4) is 0 Å².